The molecular weight excluding hydrogens is 316 g/mol. The van der Waals surface area contributed by atoms with Crippen LogP contribution in [0.15, 0.2) is 42.5 Å². The number of hydrogen-bond acceptors (Lipinski definition) is 4. The molecule has 25 heavy (non-hydrogen) atoms. The number of hydrogen-bond donors (Lipinski definition) is 2. The summed E-state index contributed by atoms with van der Waals surface area (Å²) in [5.41, 5.74) is 7.79. The van der Waals surface area contributed by atoms with Gasteiger partial charge in [-0.2, -0.15) is 0 Å². The number of carbonyl (C=O) groups excluding carboxylic acids is 1. The Bertz CT molecular complexity index is 724. The summed E-state index contributed by atoms with van der Waals surface area (Å²) < 4.78 is 10.5. The van der Waals surface area contributed by atoms with Gasteiger partial charge in [0.15, 0.2) is 11.5 Å². The number of anilines is 1. The third-order valence-corrected chi connectivity index (χ3v) is 4.35. The molecule has 0 spiro atoms. The number of nitrogens with two attached hydrogens (primary N) is 1. The molecule has 0 saturated heterocycles. The minimum absolute atomic E-state index is 0.0160. The molecule has 2 rings (SSSR count). The lowest BCUT2D eigenvalue weighted by atomic mass is 9.83. The molecule has 0 aliphatic heterocycles. The summed E-state index contributed by atoms with van der Waals surface area (Å²) in [4.78, 5) is 12.6. The highest BCUT2D eigenvalue weighted by Gasteiger charge is 2.29. The van der Waals surface area contributed by atoms with Crippen molar-refractivity contribution in [1.82, 2.24) is 5.32 Å². The van der Waals surface area contributed by atoms with E-state index < -0.39 is 5.41 Å². The summed E-state index contributed by atoms with van der Waals surface area (Å²) >= 11 is 0. The van der Waals surface area contributed by atoms with Crippen molar-refractivity contribution in [2.45, 2.75) is 25.7 Å². The Morgan fingerprint density at radius 3 is 2.28 bits per heavy atom. The van der Waals surface area contributed by atoms with Gasteiger partial charge in [0.05, 0.1) is 19.6 Å². The van der Waals surface area contributed by atoms with Gasteiger partial charge in [-0.15, -0.1) is 0 Å². The summed E-state index contributed by atoms with van der Waals surface area (Å²) in [6.45, 7) is 4.36. The van der Waals surface area contributed by atoms with Crippen LogP contribution in [-0.4, -0.2) is 26.7 Å². The van der Waals surface area contributed by atoms with Crippen molar-refractivity contribution in [1.29, 1.82) is 0 Å². The summed E-state index contributed by atoms with van der Waals surface area (Å²) in [6, 6.07) is 13.2. The lowest BCUT2D eigenvalue weighted by Gasteiger charge is -2.24. The molecule has 0 aromatic heterocycles. The standard InChI is InChI=1S/C20H26N2O3/c1-20(2,15-6-8-16(21)9-7-15)19(23)22-12-11-14-5-10-17(24-3)18(13-14)25-4/h5-10,13H,11-12,21H2,1-4H3,(H,22,23). The first-order valence-corrected chi connectivity index (χ1v) is 8.23. The number of benzene rings is 2. The number of carbonyl (C=O) groups is 1. The fourth-order valence-electron chi connectivity index (χ4n) is 2.61. The maximum Gasteiger partial charge on any atom is 0.230 e. The average molecular weight is 342 g/mol. The number of nitrogens with one attached hydrogen (secondary N) is 1. The molecule has 134 valence electrons. The SMILES string of the molecule is COc1ccc(CCNC(=O)C(C)(C)c2ccc(N)cc2)cc1OC. The Morgan fingerprint density at radius 1 is 1.04 bits per heavy atom. The quantitative estimate of drug-likeness (QED) is 0.759. The van der Waals surface area contributed by atoms with E-state index in [1.807, 2.05) is 56.3 Å². The van der Waals surface area contributed by atoms with Gasteiger partial charge in [0.1, 0.15) is 0 Å². The Morgan fingerprint density at radius 2 is 1.68 bits per heavy atom. The molecule has 0 radical (unpaired) electrons. The van der Waals surface area contributed by atoms with Crippen molar-refractivity contribution < 1.29 is 14.3 Å². The van der Waals surface area contributed by atoms with Gasteiger partial charge in [0, 0.05) is 12.2 Å². The second-order valence-corrected chi connectivity index (χ2v) is 6.44. The van der Waals surface area contributed by atoms with Gasteiger partial charge in [0.2, 0.25) is 5.91 Å². The van der Waals surface area contributed by atoms with Crippen LogP contribution >= 0.6 is 0 Å². The Hall–Kier alpha value is -2.69. The van der Waals surface area contributed by atoms with E-state index >= 15 is 0 Å². The second kappa shape index (κ2) is 7.92. The van der Waals surface area contributed by atoms with Crippen molar-refractivity contribution in [2.24, 2.45) is 0 Å². The van der Waals surface area contributed by atoms with Crippen LogP contribution in [0.2, 0.25) is 0 Å². The van der Waals surface area contributed by atoms with Crippen LogP contribution in [0.25, 0.3) is 0 Å². The molecule has 5 heteroatoms. The van der Waals surface area contributed by atoms with E-state index in [0.717, 1.165) is 11.1 Å². The molecular formula is C20H26N2O3. The van der Waals surface area contributed by atoms with Crippen LogP contribution in [0.4, 0.5) is 5.69 Å². The van der Waals surface area contributed by atoms with Gasteiger partial charge >= 0.3 is 0 Å². The summed E-state index contributed by atoms with van der Waals surface area (Å²) in [5.74, 6) is 1.37. The van der Waals surface area contributed by atoms with Crippen LogP contribution in [0.1, 0.15) is 25.0 Å². The van der Waals surface area contributed by atoms with Gasteiger partial charge in [-0.3, -0.25) is 4.79 Å². The topological polar surface area (TPSA) is 73.6 Å². The molecule has 0 saturated carbocycles. The van der Waals surface area contributed by atoms with E-state index in [2.05, 4.69) is 5.32 Å². The minimum atomic E-state index is -0.620. The van der Waals surface area contributed by atoms with Gasteiger partial charge < -0.3 is 20.5 Å². The highest BCUT2D eigenvalue weighted by Crippen LogP contribution is 2.28. The fourth-order valence-corrected chi connectivity index (χ4v) is 2.61. The first-order chi connectivity index (χ1) is 11.9. The predicted octanol–water partition coefficient (Wildman–Crippen LogP) is 2.92. The highest BCUT2D eigenvalue weighted by molar-refractivity contribution is 5.87. The lowest BCUT2D eigenvalue weighted by Crippen LogP contribution is -2.40. The van der Waals surface area contributed by atoms with Crippen molar-refractivity contribution in [2.75, 3.05) is 26.5 Å². The molecule has 0 bridgehead atoms. The zero-order valence-corrected chi connectivity index (χ0v) is 15.3. The van der Waals surface area contributed by atoms with Crippen LogP contribution in [0.5, 0.6) is 11.5 Å². The number of rotatable bonds is 7. The Kier molecular flexibility index (Phi) is 5.91. The van der Waals surface area contributed by atoms with Gasteiger partial charge in [-0.05, 0) is 55.7 Å². The molecule has 2 aromatic carbocycles. The number of amides is 1. The van der Waals surface area contributed by atoms with E-state index in [4.69, 9.17) is 15.2 Å². The third-order valence-electron chi connectivity index (χ3n) is 4.35. The van der Waals surface area contributed by atoms with E-state index in [1.165, 1.54) is 0 Å². The first-order valence-electron chi connectivity index (χ1n) is 8.23. The summed E-state index contributed by atoms with van der Waals surface area (Å²) in [7, 11) is 3.22. The largest absolute Gasteiger partial charge is 0.493 e. The van der Waals surface area contributed by atoms with Gasteiger partial charge in [-0.1, -0.05) is 18.2 Å². The smallest absolute Gasteiger partial charge is 0.230 e. The molecule has 0 heterocycles. The van der Waals surface area contributed by atoms with Crippen LogP contribution in [0.3, 0.4) is 0 Å². The molecule has 5 nitrogen and oxygen atoms in total. The molecule has 0 fully saturated rings. The maximum absolute atomic E-state index is 12.6. The number of nitrogen functional groups attached to an aromatic ring is 1. The van der Waals surface area contributed by atoms with Gasteiger partial charge in [-0.25, -0.2) is 0 Å². The third kappa shape index (κ3) is 4.44. The lowest BCUT2D eigenvalue weighted by molar-refractivity contribution is -0.125. The number of methoxy groups -OCH3 is 2. The van der Waals surface area contributed by atoms with E-state index in [9.17, 15) is 4.79 Å². The first kappa shape index (κ1) is 18.6. The molecule has 0 unspecified atom stereocenters. The molecule has 2 aromatic rings. The van der Waals surface area contributed by atoms with Crippen molar-refractivity contribution in [3.05, 3.63) is 53.6 Å². The maximum atomic E-state index is 12.6. The van der Waals surface area contributed by atoms with E-state index in [1.54, 1.807) is 14.2 Å². The minimum Gasteiger partial charge on any atom is -0.493 e. The average Bonchev–Trinajstić information content (AvgIpc) is 2.61. The molecule has 1 amide bonds. The molecule has 0 aliphatic rings. The normalized spacial score (nSPS) is 11.0. The van der Waals surface area contributed by atoms with Crippen molar-refractivity contribution in [3.8, 4) is 11.5 Å². The predicted molar refractivity (Wildman–Crippen MR) is 100 cm³/mol. The van der Waals surface area contributed by atoms with E-state index in [-0.39, 0.29) is 5.91 Å². The zero-order chi connectivity index (χ0) is 18.4. The van der Waals surface area contributed by atoms with Crippen LogP contribution in [-0.2, 0) is 16.6 Å². The molecule has 3 N–H and O–H groups in total. The van der Waals surface area contributed by atoms with E-state index in [0.29, 0.717) is 30.2 Å². The molecule has 0 atom stereocenters. The van der Waals surface area contributed by atoms with Crippen LogP contribution < -0.4 is 20.5 Å². The Labute approximate surface area is 149 Å². The highest BCUT2D eigenvalue weighted by atomic mass is 16.5. The zero-order valence-electron chi connectivity index (χ0n) is 15.3. The molecule has 0 aliphatic carbocycles. The monoisotopic (exact) mass is 342 g/mol. The summed E-state index contributed by atoms with van der Waals surface area (Å²) in [5, 5.41) is 3.01. The van der Waals surface area contributed by atoms with Crippen LogP contribution in [0, 0.1) is 0 Å². The van der Waals surface area contributed by atoms with Crippen molar-refractivity contribution >= 4 is 11.6 Å². The number of ether oxygens (including phenoxy) is 2. The fraction of sp³-hybridized carbons (Fsp3) is 0.350. The summed E-state index contributed by atoms with van der Waals surface area (Å²) in [6.07, 6.45) is 0.712. The Balaban J connectivity index is 1.96. The van der Waals surface area contributed by atoms with Gasteiger partial charge in [0.25, 0.3) is 0 Å². The second-order valence-electron chi connectivity index (χ2n) is 6.44. The van der Waals surface area contributed by atoms with Crippen molar-refractivity contribution in [3.63, 3.8) is 0 Å².